The van der Waals surface area contributed by atoms with Gasteiger partial charge < -0.3 is 15.1 Å². The number of amides is 2. The molecular weight excluding hydrogens is 450 g/mol. The van der Waals surface area contributed by atoms with E-state index < -0.39 is 6.04 Å². The van der Waals surface area contributed by atoms with E-state index >= 15 is 0 Å². The summed E-state index contributed by atoms with van der Waals surface area (Å²) in [5, 5.41) is 12.5. The molecule has 1 atom stereocenters. The van der Waals surface area contributed by atoms with E-state index in [2.05, 4.69) is 20.7 Å². The van der Waals surface area contributed by atoms with Crippen LogP contribution in [0.2, 0.25) is 5.02 Å². The van der Waals surface area contributed by atoms with Crippen LogP contribution in [0.15, 0.2) is 52.5 Å². The third-order valence-electron chi connectivity index (χ3n) is 4.74. The van der Waals surface area contributed by atoms with Gasteiger partial charge in [0.05, 0.1) is 22.7 Å². The van der Waals surface area contributed by atoms with E-state index in [-0.39, 0.29) is 17.5 Å². The molecule has 3 aromatic heterocycles. The lowest BCUT2D eigenvalue weighted by molar-refractivity contribution is -0.119. The first-order valence-electron chi connectivity index (χ1n) is 9.75. The van der Waals surface area contributed by atoms with Crippen LogP contribution in [0.25, 0.3) is 10.8 Å². The summed E-state index contributed by atoms with van der Waals surface area (Å²) in [6.07, 6.45) is 1.55. The van der Waals surface area contributed by atoms with Crippen molar-refractivity contribution in [2.24, 2.45) is 0 Å². The average molecular weight is 470 g/mol. The van der Waals surface area contributed by atoms with E-state index in [4.69, 9.17) is 16.0 Å². The fourth-order valence-electron chi connectivity index (χ4n) is 3.17. The van der Waals surface area contributed by atoms with Crippen LogP contribution in [0.4, 0.5) is 11.4 Å². The Kier molecular flexibility index (Phi) is 6.11. The summed E-state index contributed by atoms with van der Waals surface area (Å²) in [5.74, 6) is -0.0141. The SMILES string of the molecule is Cc1cc(C)n(C(C)C(=O)Nc2ccc(NC(=O)c3csc(-c4ccco4)n3)cc2Cl)n1. The first-order chi connectivity index (χ1) is 15.3. The van der Waals surface area contributed by atoms with Gasteiger partial charge in [0.1, 0.15) is 11.7 Å². The molecule has 8 nitrogen and oxygen atoms in total. The van der Waals surface area contributed by atoms with Crippen LogP contribution in [0.5, 0.6) is 0 Å². The Labute approximate surface area is 193 Å². The molecule has 0 saturated heterocycles. The van der Waals surface area contributed by atoms with E-state index in [0.717, 1.165) is 11.4 Å². The molecule has 3 heterocycles. The van der Waals surface area contributed by atoms with Crippen molar-refractivity contribution in [3.63, 3.8) is 0 Å². The van der Waals surface area contributed by atoms with Gasteiger partial charge in [0.15, 0.2) is 10.8 Å². The molecule has 0 fully saturated rings. The second-order valence-corrected chi connectivity index (χ2v) is 8.47. The number of nitrogens with one attached hydrogen (secondary N) is 2. The molecule has 0 aliphatic rings. The van der Waals surface area contributed by atoms with Crippen LogP contribution in [-0.2, 0) is 4.79 Å². The number of aryl methyl sites for hydroxylation is 2. The lowest BCUT2D eigenvalue weighted by Gasteiger charge is -2.15. The van der Waals surface area contributed by atoms with Crippen molar-refractivity contribution in [2.45, 2.75) is 26.8 Å². The van der Waals surface area contributed by atoms with E-state index in [1.807, 2.05) is 19.9 Å². The third-order valence-corrected chi connectivity index (χ3v) is 5.91. The molecule has 1 unspecified atom stereocenters. The summed E-state index contributed by atoms with van der Waals surface area (Å²) in [6.45, 7) is 5.54. The Morgan fingerprint density at radius 3 is 2.66 bits per heavy atom. The van der Waals surface area contributed by atoms with Gasteiger partial charge in [-0.3, -0.25) is 14.3 Å². The predicted octanol–water partition coefficient (Wildman–Crippen LogP) is 5.32. The maximum absolute atomic E-state index is 12.7. The van der Waals surface area contributed by atoms with Gasteiger partial charge in [0, 0.05) is 16.8 Å². The zero-order chi connectivity index (χ0) is 22.8. The fourth-order valence-corrected chi connectivity index (χ4v) is 4.16. The normalized spacial score (nSPS) is 11.9. The maximum Gasteiger partial charge on any atom is 0.275 e. The van der Waals surface area contributed by atoms with E-state index in [1.165, 1.54) is 11.3 Å². The molecule has 10 heteroatoms. The zero-order valence-corrected chi connectivity index (χ0v) is 19.1. The number of nitrogens with zero attached hydrogens (tertiary/aromatic N) is 3. The minimum absolute atomic E-state index is 0.247. The second-order valence-electron chi connectivity index (χ2n) is 7.20. The number of hydrogen-bond acceptors (Lipinski definition) is 6. The number of aromatic nitrogens is 3. The van der Waals surface area contributed by atoms with Gasteiger partial charge in [-0.15, -0.1) is 11.3 Å². The molecule has 2 amide bonds. The molecule has 0 aliphatic carbocycles. The van der Waals surface area contributed by atoms with Crippen molar-refractivity contribution in [1.82, 2.24) is 14.8 Å². The molecular formula is C22H20ClN5O3S. The summed E-state index contributed by atoms with van der Waals surface area (Å²) in [4.78, 5) is 29.5. The smallest absolute Gasteiger partial charge is 0.275 e. The maximum atomic E-state index is 12.7. The molecule has 0 radical (unpaired) electrons. The number of furan rings is 1. The number of hydrogen-bond donors (Lipinski definition) is 2. The Morgan fingerprint density at radius 2 is 2.00 bits per heavy atom. The molecule has 4 aromatic rings. The Hall–Kier alpha value is -3.43. The van der Waals surface area contributed by atoms with Gasteiger partial charge in [0.2, 0.25) is 5.91 Å². The topological polar surface area (TPSA) is 102 Å². The quantitative estimate of drug-likeness (QED) is 0.397. The first-order valence-corrected chi connectivity index (χ1v) is 11.0. The molecule has 0 saturated carbocycles. The highest BCUT2D eigenvalue weighted by Gasteiger charge is 2.19. The Balaban J connectivity index is 1.42. The summed E-state index contributed by atoms with van der Waals surface area (Å²) >= 11 is 7.66. The van der Waals surface area contributed by atoms with Crippen molar-refractivity contribution in [3.8, 4) is 10.8 Å². The van der Waals surface area contributed by atoms with Crippen LogP contribution in [-0.4, -0.2) is 26.6 Å². The molecule has 2 N–H and O–H groups in total. The van der Waals surface area contributed by atoms with E-state index in [9.17, 15) is 9.59 Å². The van der Waals surface area contributed by atoms with Crippen LogP contribution in [0, 0.1) is 13.8 Å². The van der Waals surface area contributed by atoms with Gasteiger partial charge in [-0.25, -0.2) is 4.98 Å². The van der Waals surface area contributed by atoms with Crippen LogP contribution < -0.4 is 10.6 Å². The van der Waals surface area contributed by atoms with Gasteiger partial charge in [-0.05, 0) is 57.2 Å². The van der Waals surface area contributed by atoms with Crippen molar-refractivity contribution in [1.29, 1.82) is 0 Å². The number of benzene rings is 1. The number of rotatable bonds is 6. The van der Waals surface area contributed by atoms with Crippen molar-refractivity contribution >= 4 is 46.1 Å². The molecule has 0 spiro atoms. The molecule has 164 valence electrons. The minimum atomic E-state index is -0.507. The first kappa shape index (κ1) is 21.8. The number of carbonyl (C=O) groups excluding carboxylic acids is 2. The number of halogens is 1. The zero-order valence-electron chi connectivity index (χ0n) is 17.5. The highest BCUT2D eigenvalue weighted by Crippen LogP contribution is 2.28. The minimum Gasteiger partial charge on any atom is -0.462 e. The second kappa shape index (κ2) is 8.97. The van der Waals surface area contributed by atoms with Crippen molar-refractivity contribution in [2.75, 3.05) is 10.6 Å². The van der Waals surface area contributed by atoms with Crippen LogP contribution in [0.1, 0.15) is 34.8 Å². The third kappa shape index (κ3) is 4.58. The molecule has 0 bridgehead atoms. The summed E-state index contributed by atoms with van der Waals surface area (Å²) in [7, 11) is 0. The van der Waals surface area contributed by atoms with Gasteiger partial charge in [-0.1, -0.05) is 11.6 Å². The summed E-state index contributed by atoms with van der Waals surface area (Å²) < 4.78 is 6.97. The van der Waals surface area contributed by atoms with Crippen molar-refractivity contribution in [3.05, 3.63) is 70.1 Å². The molecule has 4 rings (SSSR count). The van der Waals surface area contributed by atoms with Gasteiger partial charge in [0.25, 0.3) is 5.91 Å². The highest BCUT2D eigenvalue weighted by molar-refractivity contribution is 7.13. The fraction of sp³-hybridized carbons (Fsp3) is 0.182. The highest BCUT2D eigenvalue weighted by atomic mass is 35.5. The van der Waals surface area contributed by atoms with E-state index in [1.54, 1.807) is 53.6 Å². The van der Waals surface area contributed by atoms with Gasteiger partial charge in [-0.2, -0.15) is 5.10 Å². The van der Waals surface area contributed by atoms with Crippen LogP contribution in [0.3, 0.4) is 0 Å². The van der Waals surface area contributed by atoms with Crippen molar-refractivity contribution < 1.29 is 14.0 Å². The monoisotopic (exact) mass is 469 g/mol. The number of anilines is 2. The predicted molar refractivity (Wildman–Crippen MR) is 124 cm³/mol. The average Bonchev–Trinajstić information content (AvgIpc) is 3.50. The summed E-state index contributed by atoms with van der Waals surface area (Å²) in [5.41, 5.74) is 2.94. The molecule has 1 aromatic carbocycles. The number of thiazole rings is 1. The van der Waals surface area contributed by atoms with E-state index in [0.29, 0.717) is 27.2 Å². The standard InChI is InChI=1S/C22H20ClN5O3S/c1-12-9-13(2)28(27-12)14(3)20(29)25-17-7-6-15(10-16(17)23)24-21(30)18-11-32-22(26-18)19-5-4-8-31-19/h4-11,14H,1-3H3,(H,24,30)(H,25,29). The lowest BCUT2D eigenvalue weighted by Crippen LogP contribution is -2.25. The molecule has 32 heavy (non-hydrogen) atoms. The number of carbonyl (C=O) groups is 2. The van der Waals surface area contributed by atoms with Gasteiger partial charge >= 0.3 is 0 Å². The summed E-state index contributed by atoms with van der Waals surface area (Å²) in [6, 6.07) is 9.82. The molecule has 0 aliphatic heterocycles. The Morgan fingerprint density at radius 1 is 1.19 bits per heavy atom. The van der Waals surface area contributed by atoms with Crippen LogP contribution >= 0.6 is 22.9 Å². The largest absolute Gasteiger partial charge is 0.462 e. The Bertz CT molecular complexity index is 1280. The lowest BCUT2D eigenvalue weighted by atomic mass is 10.2.